The molecule has 0 radical (unpaired) electrons. The highest BCUT2D eigenvalue weighted by atomic mass is 32.2. The van der Waals surface area contributed by atoms with E-state index in [0.29, 0.717) is 43.9 Å². The van der Waals surface area contributed by atoms with Crippen molar-refractivity contribution in [3.05, 3.63) is 29.7 Å². The molecule has 1 amide bonds. The average molecular weight is 556 g/mol. The summed E-state index contributed by atoms with van der Waals surface area (Å²) in [6, 6.07) is 1.43. The first-order chi connectivity index (χ1) is 18.6. The summed E-state index contributed by atoms with van der Waals surface area (Å²) in [5.74, 6) is 1.47. The van der Waals surface area contributed by atoms with Crippen molar-refractivity contribution in [1.82, 2.24) is 25.1 Å². The second-order valence-corrected chi connectivity index (χ2v) is 13.6. The van der Waals surface area contributed by atoms with Crippen LogP contribution in [0.25, 0.3) is 0 Å². The van der Waals surface area contributed by atoms with Gasteiger partial charge in [-0.3, -0.25) is 4.79 Å². The van der Waals surface area contributed by atoms with Gasteiger partial charge in [0.2, 0.25) is 5.91 Å². The van der Waals surface area contributed by atoms with Crippen molar-refractivity contribution in [3.8, 4) is 0 Å². The maximum Gasteiger partial charge on any atom is 0.339 e. The molecule has 3 atom stereocenters. The lowest BCUT2D eigenvalue weighted by molar-refractivity contribution is -0.133. The molecule has 2 aromatic rings. The molecule has 5 heterocycles. The van der Waals surface area contributed by atoms with Crippen LogP contribution in [0.3, 0.4) is 0 Å². The lowest BCUT2D eigenvalue weighted by Crippen LogP contribution is -2.60. The molecule has 3 aliphatic heterocycles. The van der Waals surface area contributed by atoms with Gasteiger partial charge in [-0.2, -0.15) is 5.10 Å². The summed E-state index contributed by atoms with van der Waals surface area (Å²) in [6.45, 7) is 5.65. The van der Waals surface area contributed by atoms with Gasteiger partial charge >= 0.3 is 5.97 Å². The van der Waals surface area contributed by atoms with Crippen molar-refractivity contribution in [2.75, 3.05) is 42.3 Å². The standard InChI is InChI=1S/C26H33N7O5S/c1-16-13-32(24(34)19-6-4-9-39(19,36)37)17(2)12-31(16)22-21-23(28-15-27-22)33(14-26(21)7-5-8-26)20-10-18(11-29-30-20)25(35)38-3/h10-11,15-17,19H,4-9,12-14H2,1-3H3/t16-,17+,19?/m1/s1. The first-order valence-corrected chi connectivity index (χ1v) is 15.2. The summed E-state index contributed by atoms with van der Waals surface area (Å²) < 4.78 is 29.8. The largest absolute Gasteiger partial charge is 0.465 e. The Morgan fingerprint density at radius 1 is 1.08 bits per heavy atom. The van der Waals surface area contributed by atoms with Crippen molar-refractivity contribution >= 4 is 39.2 Å². The van der Waals surface area contributed by atoms with Crippen LogP contribution in [0.15, 0.2) is 18.6 Å². The number of carbonyl (C=O) groups is 2. The zero-order valence-corrected chi connectivity index (χ0v) is 23.2. The van der Waals surface area contributed by atoms with E-state index in [1.807, 2.05) is 11.8 Å². The van der Waals surface area contributed by atoms with Crippen LogP contribution in [0, 0.1) is 0 Å². The third kappa shape index (κ3) is 4.12. The van der Waals surface area contributed by atoms with Crippen LogP contribution in [0.4, 0.5) is 17.5 Å². The molecule has 2 aromatic heterocycles. The van der Waals surface area contributed by atoms with Gasteiger partial charge in [-0.25, -0.2) is 23.2 Å². The van der Waals surface area contributed by atoms with Crippen LogP contribution < -0.4 is 9.80 Å². The molecular formula is C26H33N7O5S. The third-order valence-electron chi connectivity index (χ3n) is 8.85. The van der Waals surface area contributed by atoms with Crippen LogP contribution in [0.2, 0.25) is 0 Å². The zero-order valence-electron chi connectivity index (χ0n) is 22.4. The number of aromatic nitrogens is 4. The summed E-state index contributed by atoms with van der Waals surface area (Å²) in [6.07, 6.45) is 6.96. The Kier molecular flexibility index (Phi) is 6.23. The second-order valence-electron chi connectivity index (χ2n) is 11.2. The fourth-order valence-corrected chi connectivity index (χ4v) is 8.44. The van der Waals surface area contributed by atoms with E-state index in [9.17, 15) is 18.0 Å². The molecule has 1 unspecified atom stereocenters. The fraction of sp³-hybridized carbons (Fsp3) is 0.615. The van der Waals surface area contributed by atoms with E-state index < -0.39 is 21.1 Å². The molecule has 6 rings (SSSR count). The zero-order chi connectivity index (χ0) is 27.5. The molecule has 3 fully saturated rings. The van der Waals surface area contributed by atoms with Gasteiger partial charge in [-0.15, -0.1) is 5.10 Å². The Morgan fingerprint density at radius 2 is 1.85 bits per heavy atom. The summed E-state index contributed by atoms with van der Waals surface area (Å²) in [5.41, 5.74) is 1.25. The summed E-state index contributed by atoms with van der Waals surface area (Å²) in [4.78, 5) is 40.9. The van der Waals surface area contributed by atoms with Gasteiger partial charge < -0.3 is 19.4 Å². The van der Waals surface area contributed by atoms with Gasteiger partial charge in [-0.05, 0) is 45.6 Å². The Morgan fingerprint density at radius 3 is 2.51 bits per heavy atom. The number of rotatable bonds is 4. The maximum absolute atomic E-state index is 13.3. The molecule has 1 saturated carbocycles. The lowest BCUT2D eigenvalue weighted by atomic mass is 9.66. The van der Waals surface area contributed by atoms with Crippen molar-refractivity contribution < 1.29 is 22.7 Å². The quantitative estimate of drug-likeness (QED) is 0.509. The molecule has 0 N–H and O–H groups in total. The van der Waals surface area contributed by atoms with E-state index in [1.165, 1.54) is 13.3 Å². The Balaban J connectivity index is 1.32. The maximum atomic E-state index is 13.3. The van der Waals surface area contributed by atoms with Crippen molar-refractivity contribution in [2.45, 2.75) is 68.7 Å². The van der Waals surface area contributed by atoms with Gasteiger partial charge in [0.05, 0.1) is 24.6 Å². The van der Waals surface area contributed by atoms with E-state index in [4.69, 9.17) is 9.72 Å². The van der Waals surface area contributed by atoms with E-state index in [2.05, 4.69) is 27.0 Å². The number of amides is 1. The average Bonchev–Trinajstić information content (AvgIpc) is 3.46. The number of methoxy groups -OCH3 is 1. The minimum absolute atomic E-state index is 0.0677. The molecule has 0 aromatic carbocycles. The van der Waals surface area contributed by atoms with E-state index in [1.54, 1.807) is 17.3 Å². The van der Waals surface area contributed by atoms with Crippen LogP contribution in [-0.2, 0) is 24.8 Å². The highest BCUT2D eigenvalue weighted by Gasteiger charge is 2.52. The number of fused-ring (bicyclic) bond motifs is 2. The number of carbonyl (C=O) groups excluding carboxylic acids is 2. The van der Waals surface area contributed by atoms with Crippen molar-refractivity contribution in [3.63, 3.8) is 0 Å². The monoisotopic (exact) mass is 555 g/mol. The minimum Gasteiger partial charge on any atom is -0.465 e. The van der Waals surface area contributed by atoms with Crippen LogP contribution in [0.5, 0.6) is 0 Å². The van der Waals surface area contributed by atoms with Crippen LogP contribution in [0.1, 0.15) is 61.9 Å². The number of nitrogens with zero attached hydrogens (tertiary/aromatic N) is 7. The number of piperazine rings is 1. The van der Waals surface area contributed by atoms with Gasteiger partial charge in [0.15, 0.2) is 15.7 Å². The van der Waals surface area contributed by atoms with Crippen molar-refractivity contribution in [2.24, 2.45) is 0 Å². The molecule has 1 aliphatic carbocycles. The molecule has 4 aliphatic rings. The molecule has 12 nitrogen and oxygen atoms in total. The Labute approximate surface area is 227 Å². The number of sulfone groups is 1. The number of hydrogen-bond acceptors (Lipinski definition) is 11. The highest BCUT2D eigenvalue weighted by Crippen LogP contribution is 2.56. The van der Waals surface area contributed by atoms with E-state index >= 15 is 0 Å². The van der Waals surface area contributed by atoms with Gasteiger partial charge in [0, 0.05) is 42.7 Å². The third-order valence-corrected chi connectivity index (χ3v) is 11.0. The molecule has 2 saturated heterocycles. The smallest absolute Gasteiger partial charge is 0.339 e. The fourth-order valence-electron chi connectivity index (χ4n) is 6.62. The lowest BCUT2D eigenvalue weighted by Gasteiger charge is -2.47. The first kappa shape index (κ1) is 25.9. The first-order valence-electron chi connectivity index (χ1n) is 13.5. The molecule has 208 valence electrons. The van der Waals surface area contributed by atoms with Gasteiger partial charge in [-0.1, -0.05) is 6.42 Å². The molecule has 39 heavy (non-hydrogen) atoms. The van der Waals surface area contributed by atoms with Crippen LogP contribution in [-0.4, -0.2) is 95.2 Å². The predicted molar refractivity (Wildman–Crippen MR) is 143 cm³/mol. The number of hydrogen-bond donors (Lipinski definition) is 0. The number of ether oxygens (including phenoxy) is 1. The van der Waals surface area contributed by atoms with Gasteiger partial charge in [0.25, 0.3) is 0 Å². The summed E-state index contributed by atoms with van der Waals surface area (Å²) in [5, 5.41) is 7.43. The van der Waals surface area contributed by atoms with Gasteiger partial charge in [0.1, 0.15) is 23.2 Å². The molecule has 1 spiro atoms. The summed E-state index contributed by atoms with van der Waals surface area (Å²) >= 11 is 0. The Hall–Kier alpha value is -3.35. The topological polar surface area (TPSA) is 139 Å². The second kappa shape index (κ2) is 9.39. The highest BCUT2D eigenvalue weighted by molar-refractivity contribution is 7.93. The van der Waals surface area contributed by atoms with E-state index in [0.717, 1.165) is 36.5 Å². The van der Waals surface area contributed by atoms with E-state index in [-0.39, 0.29) is 29.2 Å². The normalized spacial score (nSPS) is 26.8. The summed E-state index contributed by atoms with van der Waals surface area (Å²) in [7, 11) is -2.04. The Bertz CT molecular complexity index is 1430. The molecular weight excluding hydrogens is 522 g/mol. The minimum atomic E-state index is -3.38. The predicted octanol–water partition coefficient (Wildman–Crippen LogP) is 1.63. The number of esters is 1. The number of anilines is 3. The molecule has 13 heteroatoms. The van der Waals surface area contributed by atoms with Crippen LogP contribution >= 0.6 is 0 Å². The van der Waals surface area contributed by atoms with Crippen molar-refractivity contribution in [1.29, 1.82) is 0 Å². The SMILES string of the molecule is COC(=O)c1cnnc(N2CC3(CCC3)c3c2ncnc3N2C[C@H](C)N(C(=O)C3CCCS3(=O)=O)C[C@H]2C)c1. The molecule has 0 bridgehead atoms.